The molecule has 0 heterocycles. The molecule has 0 spiro atoms. The zero-order valence-electron chi connectivity index (χ0n) is 12.4. The number of nitro benzene ring substituents is 2. The van der Waals surface area contributed by atoms with Gasteiger partial charge in [-0.1, -0.05) is 32.6 Å². The molecule has 0 aromatic heterocycles. The molecule has 0 fully saturated rings. The van der Waals surface area contributed by atoms with Crippen LogP contribution in [0, 0.1) is 20.2 Å². The van der Waals surface area contributed by atoms with Crippen LogP contribution in [0.5, 0.6) is 0 Å². The molecule has 0 aliphatic rings. The quantitative estimate of drug-likeness (QED) is 0.416. The first-order valence-corrected chi connectivity index (χ1v) is 7.15. The molecule has 0 aliphatic heterocycles. The summed E-state index contributed by atoms with van der Waals surface area (Å²) in [6.07, 6.45) is 5.46. The van der Waals surface area contributed by atoms with Gasteiger partial charge in [0.1, 0.15) is 5.69 Å². The Hall–Kier alpha value is -2.18. The SMILES string of the molecule is CCCCCCC(C)Nc1ccc([N+](=O)[O-])cc1[N+](=O)[O-]. The minimum atomic E-state index is -0.634. The first-order chi connectivity index (χ1) is 9.95. The highest BCUT2D eigenvalue weighted by molar-refractivity contribution is 5.65. The Labute approximate surface area is 123 Å². The maximum atomic E-state index is 11.0. The van der Waals surface area contributed by atoms with Crippen molar-refractivity contribution in [2.75, 3.05) is 5.32 Å². The molecule has 0 aliphatic carbocycles. The van der Waals surface area contributed by atoms with E-state index in [1.807, 2.05) is 6.92 Å². The second-order valence-electron chi connectivity index (χ2n) is 5.11. The van der Waals surface area contributed by atoms with Gasteiger partial charge in [-0.2, -0.15) is 0 Å². The molecule has 0 bridgehead atoms. The molecule has 1 rings (SSSR count). The van der Waals surface area contributed by atoms with Crippen LogP contribution >= 0.6 is 0 Å². The molecule has 0 saturated heterocycles. The fourth-order valence-corrected chi connectivity index (χ4v) is 2.12. The second kappa shape index (κ2) is 8.18. The molecule has 116 valence electrons. The molecule has 1 N–H and O–H groups in total. The van der Waals surface area contributed by atoms with Crippen molar-refractivity contribution in [1.82, 2.24) is 0 Å². The Morgan fingerprint density at radius 1 is 1.14 bits per heavy atom. The van der Waals surface area contributed by atoms with Crippen molar-refractivity contribution in [3.63, 3.8) is 0 Å². The zero-order valence-corrected chi connectivity index (χ0v) is 12.4. The molecule has 1 aromatic carbocycles. The standard InChI is InChI=1S/C14H21N3O4/c1-3-4-5-6-7-11(2)15-13-9-8-12(16(18)19)10-14(13)17(20)21/h8-11,15H,3-7H2,1-2H3. The van der Waals surface area contributed by atoms with E-state index >= 15 is 0 Å². The van der Waals surface area contributed by atoms with Gasteiger partial charge < -0.3 is 5.32 Å². The van der Waals surface area contributed by atoms with E-state index in [0.717, 1.165) is 31.7 Å². The summed E-state index contributed by atoms with van der Waals surface area (Å²) in [6, 6.07) is 3.76. The lowest BCUT2D eigenvalue weighted by Gasteiger charge is -2.15. The Morgan fingerprint density at radius 3 is 2.43 bits per heavy atom. The van der Waals surface area contributed by atoms with Crippen molar-refractivity contribution >= 4 is 17.1 Å². The number of non-ortho nitro benzene ring substituents is 1. The summed E-state index contributed by atoms with van der Waals surface area (Å²) in [5.74, 6) is 0. The largest absolute Gasteiger partial charge is 0.377 e. The number of hydrogen-bond donors (Lipinski definition) is 1. The molecule has 1 unspecified atom stereocenters. The monoisotopic (exact) mass is 295 g/mol. The van der Waals surface area contributed by atoms with Crippen LogP contribution in [0.15, 0.2) is 18.2 Å². The van der Waals surface area contributed by atoms with Crippen LogP contribution in [0.25, 0.3) is 0 Å². The summed E-state index contributed by atoms with van der Waals surface area (Å²) in [7, 11) is 0. The highest BCUT2D eigenvalue weighted by Gasteiger charge is 2.20. The van der Waals surface area contributed by atoms with Gasteiger partial charge in [0.05, 0.1) is 15.9 Å². The van der Waals surface area contributed by atoms with Gasteiger partial charge in [-0.3, -0.25) is 20.2 Å². The fourth-order valence-electron chi connectivity index (χ4n) is 2.12. The minimum Gasteiger partial charge on any atom is -0.377 e. The molecular weight excluding hydrogens is 274 g/mol. The van der Waals surface area contributed by atoms with Crippen LogP contribution in [0.3, 0.4) is 0 Å². The lowest BCUT2D eigenvalue weighted by molar-refractivity contribution is -0.393. The second-order valence-corrected chi connectivity index (χ2v) is 5.11. The predicted molar refractivity (Wildman–Crippen MR) is 81.6 cm³/mol. The third-order valence-corrected chi connectivity index (χ3v) is 3.28. The highest BCUT2D eigenvalue weighted by atomic mass is 16.6. The Bertz CT molecular complexity index is 505. The van der Waals surface area contributed by atoms with Gasteiger partial charge in [0.15, 0.2) is 0 Å². The van der Waals surface area contributed by atoms with Crippen LogP contribution in [-0.2, 0) is 0 Å². The van der Waals surface area contributed by atoms with Gasteiger partial charge >= 0.3 is 0 Å². The minimum absolute atomic E-state index is 0.0852. The maximum absolute atomic E-state index is 11.0. The van der Waals surface area contributed by atoms with Gasteiger partial charge in [-0.05, 0) is 19.4 Å². The topological polar surface area (TPSA) is 98.3 Å². The number of anilines is 1. The van der Waals surface area contributed by atoms with E-state index in [-0.39, 0.29) is 17.4 Å². The van der Waals surface area contributed by atoms with E-state index in [1.165, 1.54) is 18.6 Å². The van der Waals surface area contributed by atoms with E-state index in [2.05, 4.69) is 12.2 Å². The van der Waals surface area contributed by atoms with Crippen molar-refractivity contribution in [2.24, 2.45) is 0 Å². The van der Waals surface area contributed by atoms with Crippen LogP contribution in [-0.4, -0.2) is 15.9 Å². The molecule has 7 heteroatoms. The van der Waals surface area contributed by atoms with E-state index in [4.69, 9.17) is 0 Å². The van der Waals surface area contributed by atoms with Gasteiger partial charge in [-0.15, -0.1) is 0 Å². The average Bonchev–Trinajstić information content (AvgIpc) is 2.43. The summed E-state index contributed by atoms with van der Waals surface area (Å²) < 4.78 is 0. The van der Waals surface area contributed by atoms with Crippen molar-refractivity contribution in [2.45, 2.75) is 52.0 Å². The van der Waals surface area contributed by atoms with E-state index in [0.29, 0.717) is 5.69 Å². The number of benzene rings is 1. The smallest absolute Gasteiger partial charge is 0.299 e. The normalized spacial score (nSPS) is 11.9. The van der Waals surface area contributed by atoms with Crippen molar-refractivity contribution in [1.29, 1.82) is 0 Å². The lowest BCUT2D eigenvalue weighted by Crippen LogP contribution is -2.16. The number of nitrogens with one attached hydrogen (secondary N) is 1. The number of unbranched alkanes of at least 4 members (excludes halogenated alkanes) is 3. The van der Waals surface area contributed by atoms with Gasteiger partial charge in [0.25, 0.3) is 11.4 Å². The Morgan fingerprint density at radius 2 is 1.86 bits per heavy atom. The first-order valence-electron chi connectivity index (χ1n) is 7.15. The Kier molecular flexibility index (Phi) is 6.58. The fraction of sp³-hybridized carbons (Fsp3) is 0.571. The lowest BCUT2D eigenvalue weighted by atomic mass is 10.1. The van der Waals surface area contributed by atoms with E-state index in [1.54, 1.807) is 0 Å². The van der Waals surface area contributed by atoms with Crippen LogP contribution in [0.1, 0.15) is 46.0 Å². The van der Waals surface area contributed by atoms with E-state index < -0.39 is 9.85 Å². The first kappa shape index (κ1) is 16.9. The molecule has 21 heavy (non-hydrogen) atoms. The molecule has 0 saturated carbocycles. The molecule has 0 radical (unpaired) electrons. The van der Waals surface area contributed by atoms with Crippen molar-refractivity contribution in [3.05, 3.63) is 38.4 Å². The summed E-state index contributed by atoms with van der Waals surface area (Å²) in [6.45, 7) is 4.10. The van der Waals surface area contributed by atoms with Crippen molar-refractivity contribution < 1.29 is 9.85 Å². The van der Waals surface area contributed by atoms with Gasteiger partial charge in [0.2, 0.25) is 0 Å². The van der Waals surface area contributed by atoms with Crippen LogP contribution < -0.4 is 5.32 Å². The number of rotatable bonds is 9. The average molecular weight is 295 g/mol. The highest BCUT2D eigenvalue weighted by Crippen LogP contribution is 2.29. The third kappa shape index (κ3) is 5.37. The molecule has 1 aromatic rings. The zero-order chi connectivity index (χ0) is 15.8. The summed E-state index contributed by atoms with van der Waals surface area (Å²) in [5.41, 5.74) is -0.207. The van der Waals surface area contributed by atoms with Crippen LogP contribution in [0.4, 0.5) is 17.1 Å². The molecular formula is C14H21N3O4. The number of nitro groups is 2. The molecule has 1 atom stereocenters. The predicted octanol–water partition coefficient (Wildman–Crippen LogP) is 4.27. The summed E-state index contributed by atoms with van der Waals surface area (Å²) in [5, 5.41) is 24.8. The Balaban J connectivity index is 2.73. The maximum Gasteiger partial charge on any atom is 0.299 e. The van der Waals surface area contributed by atoms with Gasteiger partial charge in [0, 0.05) is 12.1 Å². The summed E-state index contributed by atoms with van der Waals surface area (Å²) >= 11 is 0. The molecule has 0 amide bonds. The third-order valence-electron chi connectivity index (χ3n) is 3.28. The van der Waals surface area contributed by atoms with E-state index in [9.17, 15) is 20.2 Å². The number of hydrogen-bond acceptors (Lipinski definition) is 5. The number of nitrogens with zero attached hydrogens (tertiary/aromatic N) is 2. The van der Waals surface area contributed by atoms with Crippen LogP contribution in [0.2, 0.25) is 0 Å². The van der Waals surface area contributed by atoms with Crippen molar-refractivity contribution in [3.8, 4) is 0 Å². The summed E-state index contributed by atoms with van der Waals surface area (Å²) in [4.78, 5) is 20.5. The van der Waals surface area contributed by atoms with Gasteiger partial charge in [-0.25, -0.2) is 0 Å². The molecule has 7 nitrogen and oxygen atoms in total.